The molecular weight excluding hydrogens is 424 g/mol. The van der Waals surface area contributed by atoms with Crippen LogP contribution in [0.3, 0.4) is 0 Å². The molecule has 1 heterocycles. The molecule has 1 atom stereocenters. The quantitative estimate of drug-likeness (QED) is 0.613. The molecule has 3 aromatic carbocycles. The SMILES string of the molecule is Cc1ccc(NC(=O)C2Cc3ccccc3O2)cc1S(=O)(=O)Nc1ccc(Cl)cc1. The number of fused-ring (bicyclic) bond motifs is 1. The number of anilines is 2. The van der Waals surface area contributed by atoms with E-state index in [9.17, 15) is 13.2 Å². The van der Waals surface area contributed by atoms with E-state index in [0.29, 0.717) is 34.1 Å². The van der Waals surface area contributed by atoms with E-state index in [2.05, 4.69) is 10.0 Å². The number of nitrogens with one attached hydrogen (secondary N) is 2. The highest BCUT2D eigenvalue weighted by molar-refractivity contribution is 7.92. The van der Waals surface area contributed by atoms with Crippen LogP contribution in [-0.2, 0) is 21.2 Å². The molecule has 1 aliphatic rings. The molecule has 30 heavy (non-hydrogen) atoms. The molecule has 1 aliphatic heterocycles. The zero-order chi connectivity index (χ0) is 21.3. The Morgan fingerprint density at radius 1 is 1.03 bits per heavy atom. The largest absolute Gasteiger partial charge is 0.480 e. The first kappa shape index (κ1) is 20.3. The number of rotatable bonds is 5. The molecule has 8 heteroatoms. The number of hydrogen-bond acceptors (Lipinski definition) is 4. The Morgan fingerprint density at radius 2 is 1.73 bits per heavy atom. The van der Waals surface area contributed by atoms with Crippen molar-refractivity contribution in [2.45, 2.75) is 24.3 Å². The van der Waals surface area contributed by atoms with Gasteiger partial charge in [0.15, 0.2) is 6.10 Å². The number of sulfonamides is 1. The maximum atomic E-state index is 12.9. The van der Waals surface area contributed by atoms with E-state index in [-0.39, 0.29) is 10.8 Å². The second kappa shape index (κ2) is 8.01. The highest BCUT2D eigenvalue weighted by Gasteiger charge is 2.29. The molecule has 1 amide bonds. The number of hydrogen-bond donors (Lipinski definition) is 2. The van der Waals surface area contributed by atoms with Crippen LogP contribution in [0.25, 0.3) is 0 Å². The van der Waals surface area contributed by atoms with Crippen LogP contribution in [0, 0.1) is 6.92 Å². The standard InChI is InChI=1S/C22H19ClN2O4S/c1-14-6-9-18(24-22(26)20-12-15-4-2-3-5-19(15)29-20)13-21(14)30(27,28)25-17-10-7-16(23)8-11-17/h2-11,13,20,25H,12H2,1H3,(H,24,26). The molecule has 0 radical (unpaired) electrons. The van der Waals surface area contributed by atoms with Gasteiger partial charge in [0.05, 0.1) is 4.90 Å². The summed E-state index contributed by atoms with van der Waals surface area (Å²) < 4.78 is 34.0. The lowest BCUT2D eigenvalue weighted by Gasteiger charge is -2.14. The van der Waals surface area contributed by atoms with Crippen LogP contribution < -0.4 is 14.8 Å². The Kier molecular flexibility index (Phi) is 5.40. The molecule has 1 unspecified atom stereocenters. The van der Waals surface area contributed by atoms with Crippen LogP contribution in [0.15, 0.2) is 71.6 Å². The van der Waals surface area contributed by atoms with Gasteiger partial charge in [-0.15, -0.1) is 0 Å². The van der Waals surface area contributed by atoms with Gasteiger partial charge in [0.2, 0.25) is 0 Å². The highest BCUT2D eigenvalue weighted by Crippen LogP contribution is 2.29. The van der Waals surface area contributed by atoms with Crippen molar-refractivity contribution in [2.75, 3.05) is 10.0 Å². The van der Waals surface area contributed by atoms with Gasteiger partial charge in [-0.3, -0.25) is 9.52 Å². The fraction of sp³-hybridized carbons (Fsp3) is 0.136. The van der Waals surface area contributed by atoms with Crippen molar-refractivity contribution in [1.29, 1.82) is 0 Å². The first-order chi connectivity index (χ1) is 14.3. The summed E-state index contributed by atoms with van der Waals surface area (Å²) in [6.45, 7) is 1.69. The molecule has 0 fully saturated rings. The predicted octanol–water partition coefficient (Wildman–Crippen LogP) is 4.39. The smallest absolute Gasteiger partial charge is 0.265 e. The molecule has 2 N–H and O–H groups in total. The van der Waals surface area contributed by atoms with Crippen molar-refractivity contribution in [3.05, 3.63) is 82.9 Å². The van der Waals surface area contributed by atoms with Gasteiger partial charge in [-0.1, -0.05) is 35.9 Å². The molecule has 0 aromatic heterocycles. The average Bonchev–Trinajstić information content (AvgIpc) is 3.15. The van der Waals surface area contributed by atoms with Crippen molar-refractivity contribution in [2.24, 2.45) is 0 Å². The summed E-state index contributed by atoms with van der Waals surface area (Å²) in [4.78, 5) is 12.7. The fourth-order valence-electron chi connectivity index (χ4n) is 3.25. The second-order valence-electron chi connectivity index (χ2n) is 7.00. The van der Waals surface area contributed by atoms with E-state index >= 15 is 0 Å². The van der Waals surface area contributed by atoms with Gasteiger partial charge in [-0.25, -0.2) is 8.42 Å². The van der Waals surface area contributed by atoms with Crippen LogP contribution in [0.1, 0.15) is 11.1 Å². The van der Waals surface area contributed by atoms with E-state index in [1.807, 2.05) is 24.3 Å². The van der Waals surface area contributed by atoms with Crippen molar-refractivity contribution in [3.63, 3.8) is 0 Å². The molecular formula is C22H19ClN2O4S. The summed E-state index contributed by atoms with van der Waals surface area (Å²) in [6.07, 6.45) is -0.187. The van der Waals surface area contributed by atoms with Gasteiger partial charge in [0.25, 0.3) is 15.9 Å². The maximum Gasteiger partial charge on any atom is 0.265 e. The Morgan fingerprint density at radius 3 is 2.47 bits per heavy atom. The van der Waals surface area contributed by atoms with Gasteiger partial charge in [0, 0.05) is 22.8 Å². The van der Waals surface area contributed by atoms with Crippen molar-refractivity contribution < 1.29 is 17.9 Å². The number of para-hydroxylation sites is 1. The van der Waals surface area contributed by atoms with E-state index in [1.54, 1.807) is 43.3 Å². The summed E-state index contributed by atoms with van der Waals surface area (Å²) in [5.41, 5.74) is 2.29. The van der Waals surface area contributed by atoms with Crippen LogP contribution >= 0.6 is 11.6 Å². The van der Waals surface area contributed by atoms with Gasteiger partial charge in [-0.2, -0.15) is 0 Å². The van der Waals surface area contributed by atoms with Crippen LogP contribution in [0.4, 0.5) is 11.4 Å². The maximum absolute atomic E-state index is 12.9. The van der Waals surface area contributed by atoms with Crippen LogP contribution in [0.2, 0.25) is 5.02 Å². The summed E-state index contributed by atoms with van der Waals surface area (Å²) in [5.74, 6) is 0.362. The molecule has 0 spiro atoms. The minimum absolute atomic E-state index is 0.0749. The lowest BCUT2D eigenvalue weighted by molar-refractivity contribution is -0.122. The normalized spacial score (nSPS) is 15.2. The third-order valence-corrected chi connectivity index (χ3v) is 6.56. The minimum Gasteiger partial charge on any atom is -0.480 e. The number of carbonyl (C=O) groups is 1. The fourth-order valence-corrected chi connectivity index (χ4v) is 4.70. The molecule has 0 aliphatic carbocycles. The molecule has 0 saturated carbocycles. The number of ether oxygens (including phenoxy) is 1. The topological polar surface area (TPSA) is 84.5 Å². The van der Waals surface area contributed by atoms with Crippen LogP contribution in [0.5, 0.6) is 5.75 Å². The predicted molar refractivity (Wildman–Crippen MR) is 117 cm³/mol. The van der Waals surface area contributed by atoms with Gasteiger partial charge in [0.1, 0.15) is 5.75 Å². The lowest BCUT2D eigenvalue weighted by Crippen LogP contribution is -2.31. The number of carbonyl (C=O) groups excluding carboxylic acids is 1. The van der Waals surface area contributed by atoms with Gasteiger partial charge >= 0.3 is 0 Å². The molecule has 0 saturated heterocycles. The Balaban J connectivity index is 1.52. The number of benzene rings is 3. The van der Waals surface area contributed by atoms with Gasteiger partial charge < -0.3 is 10.1 Å². The minimum atomic E-state index is -3.85. The number of aryl methyl sites for hydroxylation is 1. The first-order valence-electron chi connectivity index (χ1n) is 9.26. The van der Waals surface area contributed by atoms with E-state index in [0.717, 1.165) is 5.56 Å². The van der Waals surface area contributed by atoms with Crippen molar-refractivity contribution in [1.82, 2.24) is 0 Å². The highest BCUT2D eigenvalue weighted by atomic mass is 35.5. The first-order valence-corrected chi connectivity index (χ1v) is 11.1. The Labute approximate surface area is 179 Å². The molecule has 3 aromatic rings. The lowest BCUT2D eigenvalue weighted by atomic mass is 10.1. The monoisotopic (exact) mass is 442 g/mol. The Hall–Kier alpha value is -3.03. The average molecular weight is 443 g/mol. The number of amides is 1. The zero-order valence-electron chi connectivity index (χ0n) is 16.1. The van der Waals surface area contributed by atoms with Crippen molar-refractivity contribution >= 4 is 38.9 Å². The Bertz CT molecular complexity index is 1190. The molecule has 4 rings (SSSR count). The third kappa shape index (κ3) is 4.27. The molecule has 0 bridgehead atoms. The van der Waals surface area contributed by atoms with Gasteiger partial charge in [-0.05, 0) is 60.5 Å². The van der Waals surface area contributed by atoms with Crippen molar-refractivity contribution in [3.8, 4) is 5.75 Å². The van der Waals surface area contributed by atoms with Crippen LogP contribution in [-0.4, -0.2) is 20.4 Å². The zero-order valence-corrected chi connectivity index (χ0v) is 17.6. The summed E-state index contributed by atoms with van der Waals surface area (Å²) in [7, 11) is -3.85. The third-order valence-electron chi connectivity index (χ3n) is 4.78. The van der Waals surface area contributed by atoms with E-state index in [4.69, 9.17) is 16.3 Å². The van der Waals surface area contributed by atoms with E-state index in [1.165, 1.54) is 6.07 Å². The van der Waals surface area contributed by atoms with E-state index < -0.39 is 16.1 Å². The summed E-state index contributed by atoms with van der Waals surface area (Å²) >= 11 is 5.85. The number of halogens is 1. The summed E-state index contributed by atoms with van der Waals surface area (Å²) in [6, 6.07) is 18.6. The second-order valence-corrected chi connectivity index (χ2v) is 9.09. The molecule has 6 nitrogen and oxygen atoms in total. The summed E-state index contributed by atoms with van der Waals surface area (Å²) in [5, 5.41) is 3.27. The molecule has 154 valence electrons.